The fourth-order valence-electron chi connectivity index (χ4n) is 4.89. The Bertz CT molecular complexity index is 1740. The molecule has 3 N–H and O–H groups in total. The van der Waals surface area contributed by atoms with Crippen molar-refractivity contribution in [3.05, 3.63) is 114 Å². The molecule has 4 heterocycles. The van der Waals surface area contributed by atoms with E-state index in [1.807, 2.05) is 43.5 Å². The summed E-state index contributed by atoms with van der Waals surface area (Å²) in [5.74, 6) is 0.870. The predicted molar refractivity (Wildman–Crippen MR) is 156 cm³/mol. The summed E-state index contributed by atoms with van der Waals surface area (Å²) in [6.45, 7) is 3.95. The van der Waals surface area contributed by atoms with E-state index in [-0.39, 0.29) is 0 Å². The number of nitrogens with zero attached hydrogens (tertiary/aromatic N) is 6. The number of hydrogen-bond acceptors (Lipinski definition) is 6. The molecule has 39 heavy (non-hydrogen) atoms. The van der Waals surface area contributed by atoms with E-state index >= 15 is 0 Å². The van der Waals surface area contributed by atoms with Crippen LogP contribution in [0.1, 0.15) is 22.6 Å². The molecule has 192 valence electrons. The van der Waals surface area contributed by atoms with E-state index in [0.717, 1.165) is 51.9 Å². The number of H-pyrrole nitrogens is 1. The number of aromatic nitrogens is 6. The van der Waals surface area contributed by atoms with Gasteiger partial charge in [-0.3, -0.25) is 4.98 Å². The first-order chi connectivity index (χ1) is 19.1. The van der Waals surface area contributed by atoms with Gasteiger partial charge in [0.1, 0.15) is 17.8 Å². The number of hydrogen-bond donors (Lipinski definition) is 2. The molecule has 4 aromatic heterocycles. The summed E-state index contributed by atoms with van der Waals surface area (Å²) in [5.41, 5.74) is 15.9. The third kappa shape index (κ3) is 5.23. The minimum absolute atomic E-state index is 0.544. The second-order valence-electron chi connectivity index (χ2n) is 9.78. The van der Waals surface area contributed by atoms with Crippen molar-refractivity contribution in [2.24, 2.45) is 5.73 Å². The Morgan fingerprint density at radius 1 is 0.897 bits per heavy atom. The highest BCUT2D eigenvalue weighted by atomic mass is 15.3. The van der Waals surface area contributed by atoms with Gasteiger partial charge in [0.15, 0.2) is 13.6 Å². The number of benzene rings is 2. The number of nitrogens with two attached hydrogens (primary N) is 1. The van der Waals surface area contributed by atoms with E-state index < -0.39 is 0 Å². The maximum atomic E-state index is 5.79. The van der Waals surface area contributed by atoms with Crippen molar-refractivity contribution in [2.45, 2.75) is 26.6 Å². The van der Waals surface area contributed by atoms with Gasteiger partial charge in [-0.25, -0.2) is 14.5 Å². The second-order valence-corrected chi connectivity index (χ2v) is 9.78. The Labute approximate surface area is 228 Å². The topological polar surface area (TPSA) is 101 Å². The minimum atomic E-state index is 0.544. The molecule has 8 nitrogen and oxygen atoms in total. The largest absolute Gasteiger partial charge is 0.340 e. The first kappa shape index (κ1) is 24.7. The lowest BCUT2D eigenvalue weighted by molar-refractivity contribution is 0.433. The number of pyridine rings is 2. The number of imidazole rings is 1. The van der Waals surface area contributed by atoms with Gasteiger partial charge in [0, 0.05) is 37.1 Å². The monoisotopic (exact) mass is 512 g/mol. The van der Waals surface area contributed by atoms with Crippen molar-refractivity contribution < 1.29 is 0 Å². The second kappa shape index (κ2) is 10.6. The minimum Gasteiger partial charge on any atom is -0.340 e. The third-order valence-corrected chi connectivity index (χ3v) is 6.82. The smallest absolute Gasteiger partial charge is 0.186 e. The van der Waals surface area contributed by atoms with E-state index in [9.17, 15) is 0 Å². The standard InChI is InChI=1S/C30H29BN8/c1-20-5-4-8-26(35-20)30-29(24-13-14-28-33-19-34-39(28)17-24)36-27(37-30)18-38(31)16-23-6-2-3-7-25(23)22-11-9-21(15-32)10-12-22/h2-14,17,19H,15-16,18,31-32H2,1H3,(H,36,37). The highest BCUT2D eigenvalue weighted by Gasteiger charge is 2.18. The van der Waals surface area contributed by atoms with Crippen molar-refractivity contribution in [3.63, 3.8) is 0 Å². The molecule has 0 saturated carbocycles. The maximum Gasteiger partial charge on any atom is 0.186 e. The van der Waals surface area contributed by atoms with Crippen LogP contribution in [0.4, 0.5) is 0 Å². The molecule has 0 aliphatic heterocycles. The Morgan fingerprint density at radius 2 is 1.72 bits per heavy atom. The molecule has 0 radical (unpaired) electrons. The summed E-state index contributed by atoms with van der Waals surface area (Å²) in [5, 5.41) is 4.31. The highest BCUT2D eigenvalue weighted by molar-refractivity contribution is 6.04. The van der Waals surface area contributed by atoms with Gasteiger partial charge < -0.3 is 15.5 Å². The zero-order valence-corrected chi connectivity index (χ0v) is 22.0. The van der Waals surface area contributed by atoms with Crippen LogP contribution in [0.15, 0.2) is 91.4 Å². The van der Waals surface area contributed by atoms with E-state index in [2.05, 4.69) is 76.4 Å². The van der Waals surface area contributed by atoms with Crippen LogP contribution in [0, 0.1) is 6.92 Å². The van der Waals surface area contributed by atoms with Gasteiger partial charge in [-0.05, 0) is 53.4 Å². The Kier molecular flexibility index (Phi) is 6.75. The summed E-state index contributed by atoms with van der Waals surface area (Å²) in [4.78, 5) is 19.9. The first-order valence-corrected chi connectivity index (χ1v) is 13.0. The molecule has 0 aliphatic rings. The van der Waals surface area contributed by atoms with E-state index in [0.29, 0.717) is 13.1 Å². The lowest BCUT2D eigenvalue weighted by atomic mass is 9.97. The fourth-order valence-corrected chi connectivity index (χ4v) is 4.89. The fraction of sp³-hybridized carbons (Fsp3) is 0.133. The van der Waals surface area contributed by atoms with E-state index in [4.69, 9.17) is 15.7 Å². The van der Waals surface area contributed by atoms with Crippen LogP contribution >= 0.6 is 0 Å². The lowest BCUT2D eigenvalue weighted by Crippen LogP contribution is -2.20. The van der Waals surface area contributed by atoms with Crippen LogP contribution in [-0.4, -0.2) is 42.3 Å². The summed E-state index contributed by atoms with van der Waals surface area (Å²) in [6, 6.07) is 27.0. The quantitative estimate of drug-likeness (QED) is 0.297. The Hall–Kier alpha value is -4.60. The van der Waals surface area contributed by atoms with Gasteiger partial charge in [-0.2, -0.15) is 5.10 Å². The molecule has 6 rings (SSSR count). The average Bonchev–Trinajstić information content (AvgIpc) is 3.60. The van der Waals surface area contributed by atoms with Crippen LogP contribution in [0.25, 0.3) is 39.4 Å². The van der Waals surface area contributed by atoms with Crippen LogP contribution < -0.4 is 5.73 Å². The lowest BCUT2D eigenvalue weighted by Gasteiger charge is -2.18. The predicted octanol–water partition coefficient (Wildman–Crippen LogP) is 4.17. The summed E-state index contributed by atoms with van der Waals surface area (Å²) >= 11 is 0. The summed E-state index contributed by atoms with van der Waals surface area (Å²) < 4.78 is 1.77. The van der Waals surface area contributed by atoms with Crippen molar-refractivity contribution in [1.29, 1.82) is 0 Å². The third-order valence-electron chi connectivity index (χ3n) is 6.82. The van der Waals surface area contributed by atoms with Gasteiger partial charge in [-0.1, -0.05) is 54.6 Å². The van der Waals surface area contributed by atoms with Crippen LogP contribution in [0.5, 0.6) is 0 Å². The number of nitrogens with one attached hydrogen (secondary N) is 1. The number of rotatable bonds is 8. The number of aryl methyl sites for hydroxylation is 1. The molecule has 0 amide bonds. The SMILES string of the molecule is BN(Cc1nc(-c2cccc(C)n2)c(-c2ccc3ncnn3c2)[nH]1)Cc1ccccc1-c1ccc(CN)cc1. The van der Waals surface area contributed by atoms with Crippen LogP contribution in [0.2, 0.25) is 0 Å². The van der Waals surface area contributed by atoms with Crippen LogP contribution in [-0.2, 0) is 19.6 Å². The zero-order valence-electron chi connectivity index (χ0n) is 22.0. The maximum absolute atomic E-state index is 5.79. The van der Waals surface area contributed by atoms with Gasteiger partial charge in [-0.15, -0.1) is 0 Å². The van der Waals surface area contributed by atoms with E-state index in [1.165, 1.54) is 16.7 Å². The summed E-state index contributed by atoms with van der Waals surface area (Å²) in [7, 11) is 2.11. The molecule has 6 aromatic rings. The average molecular weight is 512 g/mol. The van der Waals surface area contributed by atoms with Crippen molar-refractivity contribution in [2.75, 3.05) is 0 Å². The molecule has 0 saturated heterocycles. The zero-order chi connectivity index (χ0) is 26.8. The molecule has 0 unspecified atom stereocenters. The highest BCUT2D eigenvalue weighted by Crippen LogP contribution is 2.30. The molecular weight excluding hydrogens is 483 g/mol. The normalized spacial score (nSPS) is 11.5. The first-order valence-electron chi connectivity index (χ1n) is 13.0. The molecule has 0 spiro atoms. The molecule has 0 aliphatic carbocycles. The Balaban J connectivity index is 1.30. The van der Waals surface area contributed by atoms with Crippen molar-refractivity contribution >= 4 is 13.6 Å². The summed E-state index contributed by atoms with van der Waals surface area (Å²) in [6.07, 6.45) is 3.52. The van der Waals surface area contributed by atoms with E-state index in [1.54, 1.807) is 10.8 Å². The van der Waals surface area contributed by atoms with Gasteiger partial charge in [0.05, 0.1) is 11.4 Å². The van der Waals surface area contributed by atoms with Crippen molar-refractivity contribution in [1.82, 2.24) is 34.4 Å². The van der Waals surface area contributed by atoms with Gasteiger partial charge in [0.2, 0.25) is 0 Å². The molecule has 0 fully saturated rings. The number of fused-ring (bicyclic) bond motifs is 1. The Morgan fingerprint density at radius 3 is 2.54 bits per heavy atom. The molecule has 2 aromatic carbocycles. The van der Waals surface area contributed by atoms with Gasteiger partial charge in [0.25, 0.3) is 0 Å². The number of aromatic amines is 1. The van der Waals surface area contributed by atoms with Gasteiger partial charge >= 0.3 is 0 Å². The molecular formula is C30H29BN8. The van der Waals surface area contributed by atoms with Crippen molar-refractivity contribution in [3.8, 4) is 33.8 Å². The molecule has 0 atom stereocenters. The van der Waals surface area contributed by atoms with Crippen LogP contribution in [0.3, 0.4) is 0 Å². The molecule has 9 heteroatoms. The molecule has 0 bridgehead atoms.